The third-order valence-corrected chi connectivity index (χ3v) is 2.09. The maximum atomic E-state index is 13.3. The highest BCUT2D eigenvalue weighted by atomic mass is 19.2. The molecule has 0 N–H and O–H groups in total. The highest BCUT2D eigenvalue weighted by Crippen LogP contribution is 2.30. The molecule has 16 heavy (non-hydrogen) atoms. The maximum absolute atomic E-state index is 13.3. The van der Waals surface area contributed by atoms with Crippen LogP contribution in [-0.4, -0.2) is 6.08 Å². The van der Waals surface area contributed by atoms with Crippen molar-refractivity contribution in [3.8, 4) is 0 Å². The van der Waals surface area contributed by atoms with Crippen LogP contribution in [0.3, 0.4) is 0 Å². The third kappa shape index (κ3) is 1.97. The Morgan fingerprint density at radius 1 is 1.12 bits per heavy atom. The minimum Gasteiger partial charge on any atom is -0.211 e. The fraction of sp³-hybridized carbons (Fsp3) is 0.300. The molecule has 0 heterocycles. The standard InChI is InChI=1S/C10H7F4NO/c1-10(2,15-4-16)5-3-6(11)8(13)9(14)7(5)12/h3H,1-2H3. The van der Waals surface area contributed by atoms with E-state index in [2.05, 4.69) is 4.99 Å². The molecule has 1 aromatic rings. The summed E-state index contributed by atoms with van der Waals surface area (Å²) in [6.45, 7) is 2.49. The number of benzene rings is 1. The third-order valence-electron chi connectivity index (χ3n) is 2.09. The second-order valence-electron chi connectivity index (χ2n) is 3.61. The quantitative estimate of drug-likeness (QED) is 0.254. The van der Waals surface area contributed by atoms with E-state index in [0.29, 0.717) is 6.07 Å². The van der Waals surface area contributed by atoms with Crippen LogP contribution in [0.15, 0.2) is 11.1 Å². The van der Waals surface area contributed by atoms with Crippen LogP contribution in [0.5, 0.6) is 0 Å². The van der Waals surface area contributed by atoms with Crippen molar-refractivity contribution in [3.63, 3.8) is 0 Å². The Kier molecular flexibility index (Phi) is 3.14. The molecule has 0 aliphatic rings. The molecule has 0 aromatic heterocycles. The number of carbonyl (C=O) groups excluding carboxylic acids is 1. The first-order chi connectivity index (χ1) is 7.31. The Labute approximate surface area is 88.6 Å². The van der Waals surface area contributed by atoms with Gasteiger partial charge in [0.25, 0.3) is 0 Å². The van der Waals surface area contributed by atoms with Crippen molar-refractivity contribution in [2.75, 3.05) is 0 Å². The second-order valence-corrected chi connectivity index (χ2v) is 3.61. The lowest BCUT2D eigenvalue weighted by Crippen LogP contribution is -2.18. The Morgan fingerprint density at radius 3 is 2.19 bits per heavy atom. The maximum Gasteiger partial charge on any atom is 0.235 e. The van der Waals surface area contributed by atoms with E-state index < -0.39 is 34.4 Å². The van der Waals surface area contributed by atoms with Gasteiger partial charge < -0.3 is 0 Å². The first-order valence-corrected chi connectivity index (χ1v) is 4.23. The number of nitrogens with zero attached hydrogens (tertiary/aromatic N) is 1. The van der Waals surface area contributed by atoms with E-state index in [1.165, 1.54) is 13.8 Å². The summed E-state index contributed by atoms with van der Waals surface area (Å²) in [4.78, 5) is 13.3. The molecule has 0 spiro atoms. The highest BCUT2D eigenvalue weighted by Gasteiger charge is 2.29. The topological polar surface area (TPSA) is 29.4 Å². The van der Waals surface area contributed by atoms with Gasteiger partial charge in [0, 0.05) is 5.56 Å². The summed E-state index contributed by atoms with van der Waals surface area (Å²) in [5, 5.41) is 0. The van der Waals surface area contributed by atoms with Gasteiger partial charge in [-0.25, -0.2) is 22.4 Å². The zero-order chi connectivity index (χ0) is 12.5. The lowest BCUT2D eigenvalue weighted by Gasteiger charge is -2.19. The van der Waals surface area contributed by atoms with Crippen LogP contribution < -0.4 is 0 Å². The van der Waals surface area contributed by atoms with Crippen LogP contribution in [0.4, 0.5) is 17.6 Å². The monoisotopic (exact) mass is 233 g/mol. The van der Waals surface area contributed by atoms with Crippen LogP contribution in [0.2, 0.25) is 0 Å². The van der Waals surface area contributed by atoms with Gasteiger partial charge in [0.2, 0.25) is 6.08 Å². The van der Waals surface area contributed by atoms with Crippen LogP contribution in [0.1, 0.15) is 19.4 Å². The molecule has 0 aliphatic carbocycles. The molecule has 0 amide bonds. The zero-order valence-corrected chi connectivity index (χ0v) is 8.44. The Hall–Kier alpha value is -1.68. The fourth-order valence-electron chi connectivity index (χ4n) is 1.19. The van der Waals surface area contributed by atoms with Gasteiger partial charge in [-0.2, -0.15) is 4.99 Å². The van der Waals surface area contributed by atoms with Crippen molar-refractivity contribution >= 4 is 6.08 Å². The summed E-state index contributed by atoms with van der Waals surface area (Å²) in [5.41, 5.74) is -2.06. The molecule has 0 atom stereocenters. The van der Waals surface area contributed by atoms with Crippen LogP contribution in [-0.2, 0) is 10.3 Å². The number of rotatable bonds is 2. The molecule has 0 radical (unpaired) electrons. The molecule has 0 fully saturated rings. The number of isocyanates is 1. The molecular weight excluding hydrogens is 226 g/mol. The largest absolute Gasteiger partial charge is 0.235 e. The van der Waals surface area contributed by atoms with E-state index in [1.807, 2.05) is 0 Å². The van der Waals surface area contributed by atoms with E-state index >= 15 is 0 Å². The van der Waals surface area contributed by atoms with Gasteiger partial charge in [0.1, 0.15) is 0 Å². The number of hydrogen-bond donors (Lipinski definition) is 0. The highest BCUT2D eigenvalue weighted by molar-refractivity contribution is 5.38. The second kappa shape index (κ2) is 4.06. The average molecular weight is 233 g/mol. The zero-order valence-electron chi connectivity index (χ0n) is 8.44. The normalized spacial score (nSPS) is 11.1. The van der Waals surface area contributed by atoms with E-state index in [1.54, 1.807) is 0 Å². The van der Waals surface area contributed by atoms with Crippen molar-refractivity contribution in [1.29, 1.82) is 0 Å². The summed E-state index contributed by atoms with van der Waals surface area (Å²) in [7, 11) is 0. The minimum atomic E-state index is -1.93. The van der Waals surface area contributed by atoms with E-state index in [9.17, 15) is 22.4 Å². The van der Waals surface area contributed by atoms with Crippen molar-refractivity contribution in [1.82, 2.24) is 0 Å². The van der Waals surface area contributed by atoms with Gasteiger partial charge in [-0.05, 0) is 19.9 Å². The predicted molar refractivity (Wildman–Crippen MR) is 47.4 cm³/mol. The van der Waals surface area contributed by atoms with Crippen LogP contribution >= 0.6 is 0 Å². The molecule has 1 rings (SSSR count). The molecule has 86 valence electrons. The molecule has 0 bridgehead atoms. The first-order valence-electron chi connectivity index (χ1n) is 4.23. The summed E-state index contributed by atoms with van der Waals surface area (Å²) >= 11 is 0. The van der Waals surface area contributed by atoms with E-state index in [0.717, 1.165) is 6.08 Å². The molecule has 0 saturated carbocycles. The number of aliphatic imine (C=N–C) groups is 1. The van der Waals surface area contributed by atoms with Gasteiger partial charge in [-0.15, -0.1) is 0 Å². The van der Waals surface area contributed by atoms with Crippen LogP contribution in [0.25, 0.3) is 0 Å². The predicted octanol–water partition coefficient (Wildman–Crippen LogP) is 2.81. The van der Waals surface area contributed by atoms with Crippen molar-refractivity contribution in [2.24, 2.45) is 4.99 Å². The molecule has 6 heteroatoms. The van der Waals surface area contributed by atoms with Crippen molar-refractivity contribution < 1.29 is 22.4 Å². The smallest absolute Gasteiger partial charge is 0.211 e. The van der Waals surface area contributed by atoms with Crippen molar-refractivity contribution in [3.05, 3.63) is 34.9 Å². The van der Waals surface area contributed by atoms with Gasteiger partial charge >= 0.3 is 0 Å². The van der Waals surface area contributed by atoms with Gasteiger partial charge in [0.15, 0.2) is 23.3 Å². The summed E-state index contributed by atoms with van der Waals surface area (Å²) in [5.74, 6) is -6.93. The lowest BCUT2D eigenvalue weighted by molar-refractivity contribution is 0.387. The number of hydrogen-bond acceptors (Lipinski definition) is 2. The van der Waals surface area contributed by atoms with Gasteiger partial charge in [-0.1, -0.05) is 0 Å². The van der Waals surface area contributed by atoms with E-state index in [4.69, 9.17) is 0 Å². The Balaban J connectivity index is 3.53. The first kappa shape index (κ1) is 12.4. The molecule has 0 aliphatic heterocycles. The van der Waals surface area contributed by atoms with E-state index in [-0.39, 0.29) is 0 Å². The summed E-state index contributed by atoms with van der Waals surface area (Å²) < 4.78 is 51.7. The number of halogens is 4. The molecule has 2 nitrogen and oxygen atoms in total. The molecular formula is C10H7F4NO. The van der Waals surface area contributed by atoms with Crippen LogP contribution in [0, 0.1) is 23.3 Å². The summed E-state index contributed by atoms with van der Waals surface area (Å²) in [6, 6.07) is 0.467. The molecule has 1 aromatic carbocycles. The Morgan fingerprint density at radius 2 is 1.69 bits per heavy atom. The fourth-order valence-corrected chi connectivity index (χ4v) is 1.19. The van der Waals surface area contributed by atoms with Gasteiger partial charge in [0.05, 0.1) is 5.54 Å². The Bertz CT molecular complexity index is 478. The van der Waals surface area contributed by atoms with Gasteiger partial charge in [-0.3, -0.25) is 0 Å². The SMILES string of the molecule is CC(C)(N=C=O)c1cc(F)c(F)c(F)c1F. The summed E-state index contributed by atoms with van der Waals surface area (Å²) in [6.07, 6.45) is 1.16. The lowest BCUT2D eigenvalue weighted by atomic mass is 9.94. The average Bonchev–Trinajstić information content (AvgIpc) is 2.20. The van der Waals surface area contributed by atoms with Crippen molar-refractivity contribution in [2.45, 2.75) is 19.4 Å². The molecule has 0 unspecified atom stereocenters. The minimum absolute atomic E-state index is 0.467. The molecule has 0 saturated heterocycles.